The first kappa shape index (κ1) is 18.9. The molecule has 0 N–H and O–H groups in total. The molecular weight excluding hydrogens is 312 g/mol. The predicted octanol–water partition coefficient (Wildman–Crippen LogP) is 6.08. The summed E-state index contributed by atoms with van der Waals surface area (Å²) in [6.45, 7) is 10.1. The number of fused-ring (bicyclic) bond motifs is 1. The Hall–Kier alpha value is -1.13. The lowest BCUT2D eigenvalue weighted by molar-refractivity contribution is -0.142. The molecule has 2 aromatic rings. The van der Waals surface area contributed by atoms with E-state index in [1.807, 2.05) is 36.8 Å². The maximum Gasteiger partial charge on any atom is 0.302 e. The van der Waals surface area contributed by atoms with E-state index in [0.29, 0.717) is 11.9 Å². The van der Waals surface area contributed by atoms with Gasteiger partial charge < -0.3 is 4.74 Å². The molecule has 0 heterocycles. The average Bonchev–Trinajstić information content (AvgIpc) is 2.52. The summed E-state index contributed by atoms with van der Waals surface area (Å²) in [6.07, 6.45) is 0. The number of rotatable bonds is 5. The van der Waals surface area contributed by atoms with Gasteiger partial charge in [-0.1, -0.05) is 79.6 Å². The molecule has 120 valence electrons. The van der Waals surface area contributed by atoms with Crippen molar-refractivity contribution in [2.75, 3.05) is 0 Å². The molecule has 0 saturated carbocycles. The molecule has 0 fully saturated rings. The summed E-state index contributed by atoms with van der Waals surface area (Å²) in [5, 5.41) is 2.94. The summed E-state index contributed by atoms with van der Waals surface area (Å²) in [5.41, 5.74) is 1.06. The second kappa shape index (κ2) is 9.80. The van der Waals surface area contributed by atoms with Crippen molar-refractivity contribution >= 4 is 38.3 Å². The van der Waals surface area contributed by atoms with Crippen LogP contribution in [-0.2, 0) is 16.1 Å². The summed E-state index contributed by atoms with van der Waals surface area (Å²) in [4.78, 5) is 12.2. The van der Waals surface area contributed by atoms with E-state index in [1.165, 1.54) is 22.6 Å². The van der Waals surface area contributed by atoms with Crippen LogP contribution in [-0.4, -0.2) is 11.2 Å². The first-order valence-electron chi connectivity index (χ1n) is 7.55. The first-order valence-corrected chi connectivity index (χ1v) is 9.76. The van der Waals surface area contributed by atoms with E-state index in [1.54, 1.807) is 10.8 Å². The highest BCUT2D eigenvalue weighted by Gasteiger charge is 2.09. The molecule has 0 atom stereocenters. The SMILES string of the molecule is CC.CC(=O)OCc1cccc2cccc(SSC(C)C)c12. The van der Waals surface area contributed by atoms with Gasteiger partial charge in [0.2, 0.25) is 0 Å². The van der Waals surface area contributed by atoms with Crippen LogP contribution in [0.3, 0.4) is 0 Å². The van der Waals surface area contributed by atoms with Crippen LogP contribution >= 0.6 is 21.6 Å². The molecule has 2 nitrogen and oxygen atoms in total. The fourth-order valence-corrected chi connectivity index (χ4v) is 3.97. The second-order valence-electron chi connectivity index (χ2n) is 4.78. The van der Waals surface area contributed by atoms with Crippen LogP contribution in [0.4, 0.5) is 0 Å². The maximum atomic E-state index is 11.0. The normalized spacial score (nSPS) is 10.3. The number of hydrogen-bond donors (Lipinski definition) is 0. The molecule has 0 aliphatic carbocycles. The minimum absolute atomic E-state index is 0.247. The lowest BCUT2D eigenvalue weighted by Gasteiger charge is -2.12. The standard InChI is InChI=1S/C16H18O2S2.C2H6/c1-11(2)19-20-15-9-5-7-13-6-4-8-14(16(13)15)10-18-12(3)17;1-2/h4-9,11H,10H2,1-3H3;1-2H3. The van der Waals surface area contributed by atoms with E-state index in [4.69, 9.17) is 4.74 Å². The van der Waals surface area contributed by atoms with Crippen LogP contribution in [0.15, 0.2) is 41.3 Å². The van der Waals surface area contributed by atoms with Crippen molar-refractivity contribution in [2.24, 2.45) is 0 Å². The van der Waals surface area contributed by atoms with Gasteiger partial charge in [0, 0.05) is 22.5 Å². The Kier molecular flexibility index (Phi) is 8.43. The minimum atomic E-state index is -0.247. The summed E-state index contributed by atoms with van der Waals surface area (Å²) in [7, 11) is 3.62. The number of benzene rings is 2. The lowest BCUT2D eigenvalue weighted by atomic mass is 10.1. The third kappa shape index (κ3) is 5.58. The molecule has 2 rings (SSSR count). The van der Waals surface area contributed by atoms with Crippen LogP contribution in [0.1, 0.15) is 40.2 Å². The zero-order valence-electron chi connectivity index (χ0n) is 13.9. The summed E-state index contributed by atoms with van der Waals surface area (Å²) in [6, 6.07) is 12.4. The number of hydrogen-bond acceptors (Lipinski definition) is 4. The molecule has 0 aliphatic rings. The zero-order valence-corrected chi connectivity index (χ0v) is 15.5. The molecule has 4 heteroatoms. The van der Waals surface area contributed by atoms with Gasteiger partial charge >= 0.3 is 5.97 Å². The van der Waals surface area contributed by atoms with Gasteiger partial charge in [0.05, 0.1) is 0 Å². The average molecular weight is 337 g/mol. The van der Waals surface area contributed by atoms with E-state index in [9.17, 15) is 4.79 Å². The Morgan fingerprint density at radius 3 is 2.36 bits per heavy atom. The molecule has 0 radical (unpaired) electrons. The van der Waals surface area contributed by atoms with Crippen LogP contribution in [0.25, 0.3) is 10.8 Å². The molecular formula is C18H24O2S2. The van der Waals surface area contributed by atoms with Gasteiger partial charge in [0.1, 0.15) is 6.61 Å². The fourth-order valence-electron chi connectivity index (χ4n) is 1.90. The topological polar surface area (TPSA) is 26.3 Å². The largest absolute Gasteiger partial charge is 0.461 e. The van der Waals surface area contributed by atoms with Gasteiger partial charge in [-0.3, -0.25) is 4.79 Å². The molecule has 0 bridgehead atoms. The quantitative estimate of drug-likeness (QED) is 0.488. The van der Waals surface area contributed by atoms with Gasteiger partial charge in [0.15, 0.2) is 0 Å². The molecule has 22 heavy (non-hydrogen) atoms. The number of ether oxygens (including phenoxy) is 1. The Bertz CT molecular complexity index is 604. The van der Waals surface area contributed by atoms with Crippen LogP contribution in [0, 0.1) is 0 Å². The van der Waals surface area contributed by atoms with E-state index in [-0.39, 0.29) is 5.97 Å². The number of carbonyl (C=O) groups excluding carboxylic acids is 1. The highest BCUT2D eigenvalue weighted by atomic mass is 33.1. The third-order valence-corrected chi connectivity index (χ3v) is 5.70. The predicted molar refractivity (Wildman–Crippen MR) is 99.4 cm³/mol. The first-order chi connectivity index (χ1) is 10.6. The lowest BCUT2D eigenvalue weighted by Crippen LogP contribution is -1.99. The van der Waals surface area contributed by atoms with Crippen molar-refractivity contribution in [3.63, 3.8) is 0 Å². The van der Waals surface area contributed by atoms with Crippen molar-refractivity contribution in [3.8, 4) is 0 Å². The highest BCUT2D eigenvalue weighted by Crippen LogP contribution is 2.39. The van der Waals surface area contributed by atoms with Gasteiger partial charge in [-0.05, 0) is 17.0 Å². The molecule has 0 aromatic heterocycles. The fraction of sp³-hybridized carbons (Fsp3) is 0.389. The van der Waals surface area contributed by atoms with Gasteiger partial charge in [-0.2, -0.15) is 0 Å². The Balaban J connectivity index is 0.00000116. The Labute approximate surface area is 141 Å². The van der Waals surface area contributed by atoms with Crippen molar-refractivity contribution in [3.05, 3.63) is 42.0 Å². The summed E-state index contributed by atoms with van der Waals surface area (Å²) in [5.74, 6) is -0.247. The van der Waals surface area contributed by atoms with Crippen molar-refractivity contribution in [1.29, 1.82) is 0 Å². The number of carbonyl (C=O) groups is 1. The van der Waals surface area contributed by atoms with Gasteiger partial charge in [-0.25, -0.2) is 0 Å². The summed E-state index contributed by atoms with van der Waals surface area (Å²) < 4.78 is 5.16. The Morgan fingerprint density at radius 2 is 1.77 bits per heavy atom. The summed E-state index contributed by atoms with van der Waals surface area (Å²) >= 11 is 0. The smallest absolute Gasteiger partial charge is 0.302 e. The van der Waals surface area contributed by atoms with Gasteiger partial charge in [-0.15, -0.1) is 0 Å². The van der Waals surface area contributed by atoms with Crippen molar-refractivity contribution in [1.82, 2.24) is 0 Å². The van der Waals surface area contributed by atoms with E-state index in [0.717, 1.165) is 5.56 Å². The molecule has 0 aliphatic heterocycles. The molecule has 2 aromatic carbocycles. The minimum Gasteiger partial charge on any atom is -0.461 e. The van der Waals surface area contributed by atoms with E-state index < -0.39 is 0 Å². The van der Waals surface area contributed by atoms with Crippen LogP contribution in [0.5, 0.6) is 0 Å². The maximum absolute atomic E-state index is 11.0. The zero-order chi connectivity index (χ0) is 16.5. The van der Waals surface area contributed by atoms with Crippen molar-refractivity contribution in [2.45, 2.75) is 51.4 Å². The Morgan fingerprint density at radius 1 is 1.14 bits per heavy atom. The van der Waals surface area contributed by atoms with Gasteiger partial charge in [0.25, 0.3) is 0 Å². The highest BCUT2D eigenvalue weighted by molar-refractivity contribution is 8.77. The van der Waals surface area contributed by atoms with E-state index in [2.05, 4.69) is 38.1 Å². The van der Waals surface area contributed by atoms with Crippen LogP contribution in [0.2, 0.25) is 0 Å². The molecule has 0 unspecified atom stereocenters. The molecule has 0 saturated heterocycles. The third-order valence-electron chi connectivity index (χ3n) is 2.71. The monoisotopic (exact) mass is 336 g/mol. The van der Waals surface area contributed by atoms with Crippen LogP contribution < -0.4 is 0 Å². The second-order valence-corrected chi connectivity index (χ2v) is 7.60. The molecule has 0 amide bonds. The van der Waals surface area contributed by atoms with Crippen molar-refractivity contribution < 1.29 is 9.53 Å². The number of esters is 1. The molecule has 0 spiro atoms. The van der Waals surface area contributed by atoms with E-state index >= 15 is 0 Å².